The third kappa shape index (κ3) is 4.33. The number of carbonyl (C=O) groups is 1. The second-order valence-electron chi connectivity index (χ2n) is 6.28. The summed E-state index contributed by atoms with van der Waals surface area (Å²) in [6.07, 6.45) is 5.69. The Morgan fingerprint density at radius 3 is 2.87 bits per heavy atom. The fourth-order valence-corrected chi connectivity index (χ4v) is 2.83. The van der Waals surface area contributed by atoms with Crippen LogP contribution in [0.2, 0.25) is 0 Å². The summed E-state index contributed by atoms with van der Waals surface area (Å²) < 4.78 is 1.72. The van der Waals surface area contributed by atoms with E-state index in [0.717, 1.165) is 31.6 Å². The van der Waals surface area contributed by atoms with Crippen LogP contribution in [0.1, 0.15) is 30.1 Å². The minimum atomic E-state index is -0.0611. The molecule has 0 aliphatic carbocycles. The number of rotatable bonds is 4. The number of nitrogens with zero attached hydrogens (tertiary/aromatic N) is 2. The molecule has 5 nitrogen and oxygen atoms in total. The predicted octanol–water partition coefficient (Wildman–Crippen LogP) is 2.41. The van der Waals surface area contributed by atoms with Crippen molar-refractivity contribution in [3.05, 3.63) is 48.3 Å². The van der Waals surface area contributed by atoms with Crippen LogP contribution in [0.15, 0.2) is 42.7 Å². The molecule has 1 aliphatic rings. The summed E-state index contributed by atoms with van der Waals surface area (Å²) in [5, 5.41) is 10.7. The van der Waals surface area contributed by atoms with Gasteiger partial charge in [0.05, 0.1) is 17.4 Å². The molecule has 1 aromatic heterocycles. The maximum atomic E-state index is 12.3. The molecule has 1 unspecified atom stereocenters. The van der Waals surface area contributed by atoms with Gasteiger partial charge >= 0.3 is 0 Å². The van der Waals surface area contributed by atoms with E-state index in [-0.39, 0.29) is 23.7 Å². The Labute approximate surface area is 142 Å². The van der Waals surface area contributed by atoms with Crippen molar-refractivity contribution in [1.82, 2.24) is 20.4 Å². The highest BCUT2D eigenvalue weighted by molar-refractivity contribution is 5.93. The van der Waals surface area contributed by atoms with Crippen molar-refractivity contribution < 1.29 is 4.79 Å². The van der Waals surface area contributed by atoms with E-state index in [2.05, 4.69) is 22.7 Å². The molecule has 1 aromatic carbocycles. The van der Waals surface area contributed by atoms with Crippen LogP contribution in [-0.2, 0) is 0 Å². The fraction of sp³-hybridized carbons (Fsp3) is 0.412. The second-order valence-corrected chi connectivity index (χ2v) is 6.28. The molecule has 1 saturated heterocycles. The highest BCUT2D eigenvalue weighted by atomic mass is 35.5. The summed E-state index contributed by atoms with van der Waals surface area (Å²) in [6.45, 7) is 4.94. The number of hydrogen-bond donors (Lipinski definition) is 2. The molecular formula is C17H23ClN4O. The normalized spacial score (nSPS) is 20.6. The van der Waals surface area contributed by atoms with Crippen LogP contribution in [0.4, 0.5) is 0 Å². The predicted molar refractivity (Wildman–Crippen MR) is 93.4 cm³/mol. The van der Waals surface area contributed by atoms with Crippen molar-refractivity contribution in [2.24, 2.45) is 5.41 Å². The number of halogens is 1. The first-order valence-corrected chi connectivity index (χ1v) is 7.75. The Balaban J connectivity index is 0.00000192. The van der Waals surface area contributed by atoms with Crippen LogP contribution in [-0.4, -0.2) is 35.3 Å². The number of amides is 1. The lowest BCUT2D eigenvalue weighted by atomic mass is 9.83. The lowest BCUT2D eigenvalue weighted by Crippen LogP contribution is -2.45. The summed E-state index contributed by atoms with van der Waals surface area (Å²) in [5.74, 6) is -0.0611. The van der Waals surface area contributed by atoms with Crippen molar-refractivity contribution in [3.63, 3.8) is 0 Å². The van der Waals surface area contributed by atoms with E-state index >= 15 is 0 Å². The minimum absolute atomic E-state index is 0. The number of aromatic nitrogens is 2. The van der Waals surface area contributed by atoms with Crippen LogP contribution in [0.25, 0.3) is 5.69 Å². The lowest BCUT2D eigenvalue weighted by molar-refractivity contribution is 0.0924. The molecule has 0 bridgehead atoms. The van der Waals surface area contributed by atoms with E-state index in [1.807, 2.05) is 30.3 Å². The van der Waals surface area contributed by atoms with Crippen LogP contribution < -0.4 is 10.6 Å². The topological polar surface area (TPSA) is 59.0 Å². The molecule has 1 aliphatic heterocycles. The van der Waals surface area contributed by atoms with Gasteiger partial charge in [-0.3, -0.25) is 4.79 Å². The Kier molecular flexibility index (Phi) is 5.80. The summed E-state index contributed by atoms with van der Waals surface area (Å²) in [6, 6.07) is 9.79. The fourth-order valence-electron chi connectivity index (χ4n) is 2.83. The van der Waals surface area contributed by atoms with Crippen LogP contribution in [0.5, 0.6) is 0 Å². The largest absolute Gasteiger partial charge is 0.351 e. The first kappa shape index (κ1) is 17.5. The first-order valence-electron chi connectivity index (χ1n) is 7.75. The molecule has 2 N–H and O–H groups in total. The van der Waals surface area contributed by atoms with E-state index in [4.69, 9.17) is 0 Å². The number of benzene rings is 1. The zero-order valence-electron chi connectivity index (χ0n) is 13.3. The molecule has 0 spiro atoms. The van der Waals surface area contributed by atoms with Gasteiger partial charge < -0.3 is 10.6 Å². The molecule has 124 valence electrons. The number of nitrogens with one attached hydrogen (secondary N) is 2. The smallest absolute Gasteiger partial charge is 0.254 e. The van der Waals surface area contributed by atoms with E-state index < -0.39 is 0 Å². The summed E-state index contributed by atoms with van der Waals surface area (Å²) >= 11 is 0. The molecule has 23 heavy (non-hydrogen) atoms. The molecule has 1 amide bonds. The van der Waals surface area contributed by atoms with Gasteiger partial charge in [0.25, 0.3) is 5.91 Å². The lowest BCUT2D eigenvalue weighted by Gasteiger charge is -2.34. The second kappa shape index (κ2) is 7.62. The van der Waals surface area contributed by atoms with Crippen LogP contribution in [0, 0.1) is 5.41 Å². The highest BCUT2D eigenvalue weighted by Gasteiger charge is 2.27. The maximum Gasteiger partial charge on any atom is 0.254 e. The zero-order valence-corrected chi connectivity index (χ0v) is 14.1. The van der Waals surface area contributed by atoms with Gasteiger partial charge in [0.1, 0.15) is 0 Å². The number of hydrogen-bond acceptors (Lipinski definition) is 3. The van der Waals surface area contributed by atoms with Gasteiger partial charge in [0.2, 0.25) is 0 Å². The molecule has 0 saturated carbocycles. The Morgan fingerprint density at radius 2 is 2.17 bits per heavy atom. The van der Waals surface area contributed by atoms with Crippen molar-refractivity contribution in [1.29, 1.82) is 0 Å². The highest BCUT2D eigenvalue weighted by Crippen LogP contribution is 2.24. The molecule has 3 rings (SSSR count). The number of carbonyl (C=O) groups excluding carboxylic acids is 1. The van der Waals surface area contributed by atoms with Gasteiger partial charge in [0.15, 0.2) is 0 Å². The molecule has 6 heteroatoms. The average molecular weight is 335 g/mol. The Morgan fingerprint density at radius 1 is 1.39 bits per heavy atom. The van der Waals surface area contributed by atoms with Gasteiger partial charge in [-0.15, -0.1) is 12.4 Å². The van der Waals surface area contributed by atoms with Gasteiger partial charge in [-0.2, -0.15) is 5.10 Å². The van der Waals surface area contributed by atoms with Crippen molar-refractivity contribution in [3.8, 4) is 5.69 Å². The van der Waals surface area contributed by atoms with E-state index in [1.54, 1.807) is 17.1 Å². The van der Waals surface area contributed by atoms with E-state index in [9.17, 15) is 4.79 Å². The van der Waals surface area contributed by atoms with E-state index in [1.165, 1.54) is 0 Å². The average Bonchev–Trinajstić information content (AvgIpc) is 3.04. The maximum absolute atomic E-state index is 12.3. The molecule has 1 fully saturated rings. The Bertz CT molecular complexity index is 635. The monoisotopic (exact) mass is 334 g/mol. The van der Waals surface area contributed by atoms with Crippen molar-refractivity contribution >= 4 is 18.3 Å². The first-order chi connectivity index (χ1) is 10.7. The standard InChI is InChI=1S/C17H22N4O.ClH/c1-17(8-5-9-18-12-17)13-19-16(22)14-10-20-21(11-14)15-6-3-2-4-7-15;/h2-4,6-7,10-11,18H,5,8-9,12-13H2,1H3,(H,19,22);1H. The van der Waals surface area contributed by atoms with Gasteiger partial charge in [-0.1, -0.05) is 25.1 Å². The quantitative estimate of drug-likeness (QED) is 0.902. The minimum Gasteiger partial charge on any atom is -0.351 e. The molecule has 0 radical (unpaired) electrons. The summed E-state index contributed by atoms with van der Waals surface area (Å²) in [7, 11) is 0. The van der Waals surface area contributed by atoms with Crippen molar-refractivity contribution in [2.45, 2.75) is 19.8 Å². The Hall–Kier alpha value is -1.85. The zero-order chi connectivity index (χ0) is 15.4. The summed E-state index contributed by atoms with van der Waals surface area (Å²) in [4.78, 5) is 12.3. The number of para-hydroxylation sites is 1. The van der Waals surface area contributed by atoms with Crippen LogP contribution >= 0.6 is 12.4 Å². The SMILES string of the molecule is CC1(CNC(=O)c2cnn(-c3ccccc3)c2)CCCNC1.Cl. The van der Waals surface area contributed by atoms with Gasteiger partial charge in [-0.05, 0) is 36.9 Å². The molecule has 1 atom stereocenters. The molecule has 2 aromatic rings. The van der Waals surface area contributed by atoms with Crippen molar-refractivity contribution in [2.75, 3.05) is 19.6 Å². The number of piperidine rings is 1. The van der Waals surface area contributed by atoms with Gasteiger partial charge in [0, 0.05) is 19.3 Å². The molecular weight excluding hydrogens is 312 g/mol. The van der Waals surface area contributed by atoms with E-state index in [0.29, 0.717) is 12.1 Å². The third-order valence-electron chi connectivity index (χ3n) is 4.23. The van der Waals surface area contributed by atoms with Crippen LogP contribution in [0.3, 0.4) is 0 Å². The summed E-state index contributed by atoms with van der Waals surface area (Å²) in [5.41, 5.74) is 1.68. The third-order valence-corrected chi connectivity index (χ3v) is 4.23. The molecule has 2 heterocycles. The van der Waals surface area contributed by atoms with Gasteiger partial charge in [-0.25, -0.2) is 4.68 Å².